The molecule has 0 bridgehead atoms. The van der Waals surface area contributed by atoms with Crippen LogP contribution in [0, 0.1) is 6.92 Å². The number of halogens is 3. The highest BCUT2D eigenvalue weighted by Gasteiger charge is 2.35. The molecule has 1 atom stereocenters. The number of alkyl halides is 3. The van der Waals surface area contributed by atoms with Gasteiger partial charge in [-0.15, -0.1) is 0 Å². The molecule has 0 aliphatic rings. The van der Waals surface area contributed by atoms with Gasteiger partial charge < -0.3 is 15.0 Å². The predicted molar refractivity (Wildman–Crippen MR) is 149 cm³/mol. The fourth-order valence-electron chi connectivity index (χ4n) is 4.08. The molecule has 0 fully saturated rings. The van der Waals surface area contributed by atoms with Crippen LogP contribution in [0.1, 0.15) is 30.5 Å². The van der Waals surface area contributed by atoms with Crippen LogP contribution >= 0.6 is 0 Å². The number of methoxy groups -OCH3 is 1. The van der Waals surface area contributed by atoms with E-state index >= 15 is 0 Å². The molecule has 12 heteroatoms. The molecular weight excluding hydrogens is 559 g/mol. The number of benzene rings is 3. The van der Waals surface area contributed by atoms with Gasteiger partial charge in [-0.3, -0.25) is 13.9 Å². The van der Waals surface area contributed by atoms with Crippen LogP contribution in [0.3, 0.4) is 0 Å². The summed E-state index contributed by atoms with van der Waals surface area (Å²) < 4.78 is 74.1. The van der Waals surface area contributed by atoms with E-state index in [2.05, 4.69) is 5.32 Å². The first-order valence-electron chi connectivity index (χ1n) is 12.7. The highest BCUT2D eigenvalue weighted by molar-refractivity contribution is 7.92. The lowest BCUT2D eigenvalue weighted by atomic mass is 10.1. The van der Waals surface area contributed by atoms with Crippen molar-refractivity contribution in [3.8, 4) is 5.75 Å². The largest absolute Gasteiger partial charge is 0.497 e. The Morgan fingerprint density at radius 3 is 2.27 bits per heavy atom. The Balaban J connectivity index is 2.10. The summed E-state index contributed by atoms with van der Waals surface area (Å²) in [4.78, 5) is 27.6. The van der Waals surface area contributed by atoms with E-state index in [0.29, 0.717) is 28.2 Å². The second-order valence-corrected chi connectivity index (χ2v) is 11.2. The number of anilines is 1. The lowest BCUT2D eigenvalue weighted by Gasteiger charge is -2.32. The molecule has 3 aromatic carbocycles. The number of hydrogen-bond donors (Lipinski definition) is 1. The fraction of sp³-hybridized carbons (Fsp3) is 0.310. The number of sulfonamides is 1. The Bertz CT molecular complexity index is 1480. The van der Waals surface area contributed by atoms with Crippen LogP contribution in [0.4, 0.5) is 18.9 Å². The number of hydrogen-bond acceptors (Lipinski definition) is 5. The summed E-state index contributed by atoms with van der Waals surface area (Å²) in [6.07, 6.45) is -4.75. The highest BCUT2D eigenvalue weighted by Crippen LogP contribution is 2.33. The minimum Gasteiger partial charge on any atom is -0.497 e. The molecule has 0 aliphatic carbocycles. The number of nitrogens with one attached hydrogen (secondary N) is 1. The zero-order valence-corrected chi connectivity index (χ0v) is 23.9. The SMILES string of the molecule is CCNC(=O)[C@@H](C)N(Cc1cccc(OC)c1)C(=O)CN(c1cccc(C(F)(F)F)c1)S(=O)(=O)c1ccc(C)cc1. The Kier molecular flexibility index (Phi) is 10.0. The highest BCUT2D eigenvalue weighted by atomic mass is 32.2. The van der Waals surface area contributed by atoms with E-state index in [0.717, 1.165) is 17.7 Å². The van der Waals surface area contributed by atoms with Gasteiger partial charge in [0.15, 0.2) is 0 Å². The number of carbonyl (C=O) groups is 2. The second-order valence-electron chi connectivity index (χ2n) is 9.32. The molecule has 3 rings (SSSR count). The van der Waals surface area contributed by atoms with Gasteiger partial charge >= 0.3 is 6.18 Å². The number of nitrogens with zero attached hydrogens (tertiary/aromatic N) is 2. The first-order valence-corrected chi connectivity index (χ1v) is 14.2. The lowest BCUT2D eigenvalue weighted by Crippen LogP contribution is -2.51. The molecule has 0 saturated heterocycles. The van der Waals surface area contributed by atoms with Crippen molar-refractivity contribution in [2.45, 2.75) is 44.4 Å². The lowest BCUT2D eigenvalue weighted by molar-refractivity contribution is -0.139. The molecule has 0 radical (unpaired) electrons. The van der Waals surface area contributed by atoms with Gasteiger partial charge in [0.1, 0.15) is 18.3 Å². The summed E-state index contributed by atoms with van der Waals surface area (Å²) in [7, 11) is -3.03. The molecule has 2 amide bonds. The van der Waals surface area contributed by atoms with Gasteiger partial charge in [-0.05, 0) is 68.8 Å². The van der Waals surface area contributed by atoms with Gasteiger partial charge in [0.2, 0.25) is 11.8 Å². The minimum atomic E-state index is -4.75. The van der Waals surface area contributed by atoms with E-state index in [-0.39, 0.29) is 17.1 Å². The van der Waals surface area contributed by atoms with E-state index in [4.69, 9.17) is 4.74 Å². The van der Waals surface area contributed by atoms with Crippen LogP contribution in [0.5, 0.6) is 5.75 Å². The number of rotatable bonds is 11. The quantitative estimate of drug-likeness (QED) is 0.347. The predicted octanol–water partition coefficient (Wildman–Crippen LogP) is 4.77. The molecule has 0 aliphatic heterocycles. The van der Waals surface area contributed by atoms with E-state index in [9.17, 15) is 31.2 Å². The Morgan fingerprint density at radius 1 is 1.00 bits per heavy atom. The second kappa shape index (κ2) is 13.1. The van der Waals surface area contributed by atoms with Gasteiger partial charge in [0, 0.05) is 13.1 Å². The molecule has 8 nitrogen and oxygen atoms in total. The van der Waals surface area contributed by atoms with Crippen molar-refractivity contribution in [2.24, 2.45) is 0 Å². The standard InChI is InChI=1S/C29H32F3N3O5S/c1-5-33-28(37)21(3)34(18-22-8-6-11-25(16-22)40-4)27(36)19-35(24-10-7-9-23(17-24)29(30,31)32)41(38,39)26-14-12-20(2)13-15-26/h6-17,21H,5,18-19H2,1-4H3,(H,33,37)/t21-/m1/s1. The Labute approximate surface area is 237 Å². The molecule has 0 spiro atoms. The number of amides is 2. The molecule has 0 unspecified atom stereocenters. The summed E-state index contributed by atoms with van der Waals surface area (Å²) in [6, 6.07) is 15.2. The third-order valence-corrected chi connectivity index (χ3v) is 8.14. The van der Waals surface area contributed by atoms with Crippen LogP contribution in [0.2, 0.25) is 0 Å². The number of likely N-dealkylation sites (N-methyl/N-ethyl adjacent to an activating group) is 1. The van der Waals surface area contributed by atoms with E-state index in [1.807, 2.05) is 0 Å². The molecule has 1 N–H and O–H groups in total. The van der Waals surface area contributed by atoms with Gasteiger partial charge in [0.25, 0.3) is 10.0 Å². The number of ether oxygens (including phenoxy) is 1. The summed E-state index contributed by atoms with van der Waals surface area (Å²) in [5.74, 6) is -0.761. The van der Waals surface area contributed by atoms with Crippen molar-refractivity contribution in [3.63, 3.8) is 0 Å². The van der Waals surface area contributed by atoms with E-state index < -0.39 is 46.2 Å². The normalized spacial score (nSPS) is 12.4. The zero-order valence-electron chi connectivity index (χ0n) is 23.1. The van der Waals surface area contributed by atoms with Crippen molar-refractivity contribution in [1.29, 1.82) is 0 Å². The monoisotopic (exact) mass is 591 g/mol. The molecular formula is C29H32F3N3O5S. The minimum absolute atomic E-state index is 0.0880. The molecule has 0 aromatic heterocycles. The van der Waals surface area contributed by atoms with E-state index in [1.54, 1.807) is 50.2 Å². The van der Waals surface area contributed by atoms with Crippen LogP contribution in [0.25, 0.3) is 0 Å². The average Bonchev–Trinajstić information content (AvgIpc) is 2.94. The van der Waals surface area contributed by atoms with Crippen molar-refractivity contribution in [1.82, 2.24) is 10.2 Å². The maximum Gasteiger partial charge on any atom is 0.416 e. The van der Waals surface area contributed by atoms with Crippen LogP contribution in [-0.4, -0.2) is 51.4 Å². The Hall–Kier alpha value is -4.06. The molecule has 41 heavy (non-hydrogen) atoms. The molecule has 0 saturated carbocycles. The maximum atomic E-state index is 13.8. The van der Waals surface area contributed by atoms with Gasteiger partial charge in [-0.25, -0.2) is 8.42 Å². The van der Waals surface area contributed by atoms with Crippen molar-refractivity contribution < 1.29 is 35.9 Å². The van der Waals surface area contributed by atoms with Crippen molar-refractivity contribution >= 4 is 27.5 Å². The maximum absolute atomic E-state index is 13.8. The first kappa shape index (κ1) is 31.5. The molecule has 220 valence electrons. The zero-order chi connectivity index (χ0) is 30.4. The molecule has 0 heterocycles. The van der Waals surface area contributed by atoms with Crippen molar-refractivity contribution in [2.75, 3.05) is 24.5 Å². The van der Waals surface area contributed by atoms with E-state index in [1.165, 1.54) is 37.1 Å². The summed E-state index contributed by atoms with van der Waals surface area (Å²) >= 11 is 0. The van der Waals surface area contributed by atoms with Gasteiger partial charge in [-0.2, -0.15) is 13.2 Å². The summed E-state index contributed by atoms with van der Waals surface area (Å²) in [5, 5.41) is 2.65. The smallest absolute Gasteiger partial charge is 0.416 e. The first-order chi connectivity index (χ1) is 19.3. The number of carbonyl (C=O) groups excluding carboxylic acids is 2. The topological polar surface area (TPSA) is 96.0 Å². The summed E-state index contributed by atoms with van der Waals surface area (Å²) in [6.45, 7) is 4.31. The van der Waals surface area contributed by atoms with Gasteiger partial charge in [-0.1, -0.05) is 35.9 Å². The van der Waals surface area contributed by atoms with Crippen LogP contribution in [-0.2, 0) is 32.3 Å². The Morgan fingerprint density at radius 2 is 1.66 bits per heavy atom. The average molecular weight is 592 g/mol. The van der Waals surface area contributed by atoms with Crippen molar-refractivity contribution in [3.05, 3.63) is 89.5 Å². The number of aryl methyl sites for hydroxylation is 1. The van der Waals surface area contributed by atoms with Gasteiger partial charge in [0.05, 0.1) is 23.3 Å². The fourth-order valence-corrected chi connectivity index (χ4v) is 5.48. The van der Waals surface area contributed by atoms with Crippen LogP contribution < -0.4 is 14.4 Å². The third-order valence-electron chi connectivity index (χ3n) is 6.35. The summed E-state index contributed by atoms with van der Waals surface area (Å²) in [5.41, 5.74) is -0.0528. The third kappa shape index (κ3) is 7.78. The van der Waals surface area contributed by atoms with Crippen LogP contribution in [0.15, 0.2) is 77.7 Å². The molecule has 3 aromatic rings.